The molecular formula is C36H46O5Si. The highest BCUT2D eigenvalue weighted by Gasteiger charge is 2.49. The summed E-state index contributed by atoms with van der Waals surface area (Å²) >= 11 is 0. The van der Waals surface area contributed by atoms with Crippen LogP contribution in [0.5, 0.6) is 5.75 Å². The summed E-state index contributed by atoms with van der Waals surface area (Å²) in [5.74, 6) is 0.440. The quantitative estimate of drug-likeness (QED) is 0.111. The number of ether oxygens (including phenoxy) is 3. The molecule has 0 saturated carbocycles. The van der Waals surface area contributed by atoms with E-state index in [1.807, 2.05) is 62.4 Å². The summed E-state index contributed by atoms with van der Waals surface area (Å²) in [5, 5.41) is 2.34. The number of hydrogen-bond acceptors (Lipinski definition) is 5. The molecule has 0 amide bonds. The SMILES string of the molecule is C=CCC(OCc1ccc(OC)cc1)C(=O)O[C@H](/C=C\CO[Si](c1ccccc1)(c1ccccc1)C(C)(C)C)C(C)C. The molecule has 3 aromatic carbocycles. The molecular weight excluding hydrogens is 540 g/mol. The van der Waals surface area contributed by atoms with E-state index in [4.69, 9.17) is 18.6 Å². The first-order valence-corrected chi connectivity index (χ1v) is 16.5. The molecule has 0 heterocycles. The van der Waals surface area contributed by atoms with Crippen molar-refractivity contribution in [2.75, 3.05) is 13.7 Å². The van der Waals surface area contributed by atoms with Crippen LogP contribution in [0.1, 0.15) is 46.6 Å². The van der Waals surface area contributed by atoms with Crippen LogP contribution in [-0.2, 0) is 25.3 Å². The molecule has 224 valence electrons. The van der Waals surface area contributed by atoms with Crippen molar-refractivity contribution in [1.82, 2.24) is 0 Å². The van der Waals surface area contributed by atoms with Crippen molar-refractivity contribution in [3.05, 3.63) is 115 Å². The van der Waals surface area contributed by atoms with Crippen LogP contribution in [0.15, 0.2) is 110 Å². The summed E-state index contributed by atoms with van der Waals surface area (Å²) < 4.78 is 24.1. The Kier molecular flexibility index (Phi) is 12.3. The molecule has 3 rings (SSSR count). The van der Waals surface area contributed by atoms with Gasteiger partial charge in [0.05, 0.1) is 20.3 Å². The second-order valence-corrected chi connectivity index (χ2v) is 16.0. The molecule has 3 aromatic rings. The smallest absolute Gasteiger partial charge is 0.336 e. The van der Waals surface area contributed by atoms with Gasteiger partial charge in [-0.15, -0.1) is 6.58 Å². The summed E-state index contributed by atoms with van der Waals surface area (Å²) in [6.07, 6.45) is 4.80. The molecule has 0 spiro atoms. The van der Waals surface area contributed by atoms with Gasteiger partial charge in [0.15, 0.2) is 6.10 Å². The Bertz CT molecular complexity index is 1220. The fourth-order valence-corrected chi connectivity index (χ4v) is 9.54. The number of methoxy groups -OCH3 is 1. The van der Waals surface area contributed by atoms with E-state index < -0.39 is 26.5 Å². The Morgan fingerprint density at radius 1 is 0.905 bits per heavy atom. The number of carbonyl (C=O) groups excluding carboxylic acids is 1. The van der Waals surface area contributed by atoms with Crippen molar-refractivity contribution in [1.29, 1.82) is 0 Å². The van der Waals surface area contributed by atoms with Crippen LogP contribution < -0.4 is 15.1 Å². The van der Waals surface area contributed by atoms with Crippen LogP contribution in [0.4, 0.5) is 0 Å². The molecule has 0 N–H and O–H groups in total. The monoisotopic (exact) mass is 586 g/mol. The van der Waals surface area contributed by atoms with Gasteiger partial charge in [-0.1, -0.05) is 120 Å². The molecule has 5 nitrogen and oxygen atoms in total. The van der Waals surface area contributed by atoms with Gasteiger partial charge in [0.25, 0.3) is 8.32 Å². The third-order valence-electron chi connectivity index (χ3n) is 7.30. The third-order valence-corrected chi connectivity index (χ3v) is 12.3. The first kappa shape index (κ1) is 33.1. The standard InChI is InChI=1S/C36H46O5Si/c1-8-16-34(39-27-29-22-24-30(38-7)25-23-29)35(37)41-33(28(2)3)21-15-26-40-42(36(4,5)6,31-17-11-9-12-18-31)32-19-13-10-14-20-32/h8-15,17-25,28,33-34H,1,16,26-27H2,2-7H3/b21-15-/t33-,34?/m1/s1. The van der Waals surface area contributed by atoms with E-state index in [-0.39, 0.29) is 17.6 Å². The lowest BCUT2D eigenvalue weighted by atomic mass is 10.1. The van der Waals surface area contributed by atoms with E-state index in [0.717, 1.165) is 11.3 Å². The van der Waals surface area contributed by atoms with Crippen molar-refractivity contribution in [3.63, 3.8) is 0 Å². The Morgan fingerprint density at radius 3 is 1.95 bits per heavy atom. The van der Waals surface area contributed by atoms with E-state index in [1.165, 1.54) is 10.4 Å². The maximum absolute atomic E-state index is 13.2. The van der Waals surface area contributed by atoms with E-state index in [1.54, 1.807) is 13.2 Å². The summed E-state index contributed by atoms with van der Waals surface area (Å²) in [4.78, 5) is 13.2. The largest absolute Gasteiger partial charge is 0.497 e. The van der Waals surface area contributed by atoms with Crippen LogP contribution >= 0.6 is 0 Å². The lowest BCUT2D eigenvalue weighted by molar-refractivity contribution is -0.163. The van der Waals surface area contributed by atoms with E-state index >= 15 is 0 Å². The molecule has 0 bridgehead atoms. The molecule has 1 unspecified atom stereocenters. The van der Waals surface area contributed by atoms with Crippen LogP contribution in [0.2, 0.25) is 5.04 Å². The van der Waals surface area contributed by atoms with E-state index in [9.17, 15) is 4.79 Å². The Balaban J connectivity index is 1.73. The van der Waals surface area contributed by atoms with Crippen molar-refractivity contribution < 1.29 is 23.4 Å². The van der Waals surface area contributed by atoms with Gasteiger partial charge in [0.2, 0.25) is 0 Å². The first-order valence-electron chi connectivity index (χ1n) is 14.6. The Hall–Kier alpha value is -3.45. The van der Waals surface area contributed by atoms with Crippen molar-refractivity contribution in [2.45, 2.75) is 64.9 Å². The van der Waals surface area contributed by atoms with Crippen molar-refractivity contribution in [2.24, 2.45) is 5.92 Å². The van der Waals surface area contributed by atoms with Crippen LogP contribution in [-0.4, -0.2) is 40.2 Å². The molecule has 0 aromatic heterocycles. The maximum atomic E-state index is 13.2. The first-order chi connectivity index (χ1) is 20.1. The molecule has 0 aliphatic carbocycles. The Labute approximate surface area is 253 Å². The fraction of sp³-hybridized carbons (Fsp3) is 0.361. The minimum atomic E-state index is -2.66. The molecule has 0 aliphatic rings. The van der Waals surface area contributed by atoms with Crippen molar-refractivity contribution in [3.8, 4) is 5.75 Å². The van der Waals surface area contributed by atoms with E-state index in [2.05, 4.69) is 75.9 Å². The van der Waals surface area contributed by atoms with Gasteiger partial charge < -0.3 is 18.6 Å². The zero-order valence-corrected chi connectivity index (χ0v) is 26.9. The highest BCUT2D eigenvalue weighted by Crippen LogP contribution is 2.36. The second kappa shape index (κ2) is 15.7. The minimum absolute atomic E-state index is 0.0732. The summed E-state index contributed by atoms with van der Waals surface area (Å²) in [6.45, 7) is 15.3. The van der Waals surface area contributed by atoms with Crippen LogP contribution in [0.25, 0.3) is 0 Å². The third kappa shape index (κ3) is 8.54. The predicted molar refractivity (Wildman–Crippen MR) is 174 cm³/mol. The average Bonchev–Trinajstić information content (AvgIpc) is 2.99. The average molecular weight is 587 g/mol. The molecule has 42 heavy (non-hydrogen) atoms. The van der Waals surface area contributed by atoms with Gasteiger partial charge in [-0.2, -0.15) is 0 Å². The molecule has 0 aliphatic heterocycles. The van der Waals surface area contributed by atoms with Gasteiger partial charge in [0, 0.05) is 6.42 Å². The van der Waals surface area contributed by atoms with Gasteiger partial charge in [-0.05, 0) is 45.1 Å². The Morgan fingerprint density at radius 2 is 1.48 bits per heavy atom. The number of hydrogen-bond donors (Lipinski definition) is 0. The van der Waals surface area contributed by atoms with Crippen LogP contribution in [0.3, 0.4) is 0 Å². The molecule has 2 atom stereocenters. The lowest BCUT2D eigenvalue weighted by Crippen LogP contribution is -2.66. The number of rotatable bonds is 15. The van der Waals surface area contributed by atoms with Crippen molar-refractivity contribution >= 4 is 24.7 Å². The lowest BCUT2D eigenvalue weighted by Gasteiger charge is -2.42. The number of esters is 1. The molecule has 0 fully saturated rings. The summed E-state index contributed by atoms with van der Waals surface area (Å²) in [5.41, 5.74) is 0.943. The molecule has 0 radical (unpaired) electrons. The second-order valence-electron chi connectivity index (χ2n) is 11.7. The van der Waals surface area contributed by atoms with Gasteiger partial charge >= 0.3 is 5.97 Å². The highest BCUT2D eigenvalue weighted by atomic mass is 28.4. The fourth-order valence-electron chi connectivity index (χ4n) is 5.03. The molecule has 6 heteroatoms. The van der Waals surface area contributed by atoms with Gasteiger partial charge in [0.1, 0.15) is 11.9 Å². The minimum Gasteiger partial charge on any atom is -0.497 e. The van der Waals surface area contributed by atoms with Gasteiger partial charge in [-0.25, -0.2) is 4.79 Å². The summed E-state index contributed by atoms with van der Waals surface area (Å²) in [7, 11) is -1.03. The molecule has 0 saturated heterocycles. The van der Waals surface area contributed by atoms with Gasteiger partial charge in [-0.3, -0.25) is 0 Å². The zero-order valence-electron chi connectivity index (χ0n) is 25.9. The predicted octanol–water partition coefficient (Wildman–Crippen LogP) is 6.86. The number of benzene rings is 3. The normalized spacial score (nSPS) is 13.6. The van der Waals surface area contributed by atoms with E-state index in [0.29, 0.717) is 13.0 Å². The maximum Gasteiger partial charge on any atom is 0.336 e. The highest BCUT2D eigenvalue weighted by molar-refractivity contribution is 6.99. The zero-order chi connectivity index (χ0) is 30.6. The topological polar surface area (TPSA) is 54.0 Å². The van der Waals surface area contributed by atoms with Crippen LogP contribution in [0, 0.1) is 5.92 Å². The number of carbonyl (C=O) groups is 1. The summed E-state index contributed by atoms with van der Waals surface area (Å²) in [6, 6.07) is 28.7.